The molecule has 2 nitrogen and oxygen atoms in total. The fraction of sp³-hybridized carbons (Fsp3) is 0.538. The quantitative estimate of drug-likeness (QED) is 0.907. The summed E-state index contributed by atoms with van der Waals surface area (Å²) in [6, 6.07) is 5.76. The van der Waals surface area contributed by atoms with Crippen LogP contribution in [-0.2, 0) is 6.42 Å². The zero-order valence-corrected chi connectivity index (χ0v) is 11.4. The van der Waals surface area contributed by atoms with E-state index in [0.717, 1.165) is 50.6 Å². The Kier molecular flexibility index (Phi) is 5.11. The summed E-state index contributed by atoms with van der Waals surface area (Å²) >= 11 is 12.0. The standard InChI is InChI=1S/C13H18Cl2N2/c14-12-4-3-11(13(15)10-12)2-1-7-17-8-5-16-6-9-17/h3-4,10,16H,1-2,5-9H2. The summed E-state index contributed by atoms with van der Waals surface area (Å²) in [7, 11) is 0. The number of benzene rings is 1. The van der Waals surface area contributed by atoms with Crippen LogP contribution < -0.4 is 5.32 Å². The van der Waals surface area contributed by atoms with Crippen LogP contribution in [0.15, 0.2) is 18.2 Å². The van der Waals surface area contributed by atoms with Crippen LogP contribution in [0.5, 0.6) is 0 Å². The topological polar surface area (TPSA) is 15.3 Å². The highest BCUT2D eigenvalue weighted by Crippen LogP contribution is 2.22. The third kappa shape index (κ3) is 4.14. The maximum atomic E-state index is 6.14. The van der Waals surface area contributed by atoms with Crippen molar-refractivity contribution in [3.8, 4) is 0 Å². The molecule has 1 N–H and O–H groups in total. The van der Waals surface area contributed by atoms with E-state index >= 15 is 0 Å². The van der Waals surface area contributed by atoms with Gasteiger partial charge in [-0.25, -0.2) is 0 Å². The van der Waals surface area contributed by atoms with Gasteiger partial charge >= 0.3 is 0 Å². The first-order chi connectivity index (χ1) is 8.25. The fourth-order valence-corrected chi connectivity index (χ4v) is 2.66. The van der Waals surface area contributed by atoms with Crippen molar-refractivity contribution < 1.29 is 0 Å². The van der Waals surface area contributed by atoms with E-state index in [9.17, 15) is 0 Å². The van der Waals surface area contributed by atoms with Gasteiger partial charge in [0.15, 0.2) is 0 Å². The highest BCUT2D eigenvalue weighted by atomic mass is 35.5. The molecule has 1 saturated heterocycles. The van der Waals surface area contributed by atoms with Gasteiger partial charge in [-0.2, -0.15) is 0 Å². The summed E-state index contributed by atoms with van der Waals surface area (Å²) in [5.41, 5.74) is 1.20. The van der Waals surface area contributed by atoms with Crippen LogP contribution >= 0.6 is 23.2 Å². The van der Waals surface area contributed by atoms with Crippen molar-refractivity contribution in [2.75, 3.05) is 32.7 Å². The minimum atomic E-state index is 0.709. The average Bonchev–Trinajstić information content (AvgIpc) is 2.33. The molecule has 17 heavy (non-hydrogen) atoms. The van der Waals surface area contributed by atoms with E-state index in [1.54, 1.807) is 0 Å². The third-order valence-electron chi connectivity index (χ3n) is 3.15. The molecule has 0 amide bonds. The summed E-state index contributed by atoms with van der Waals surface area (Å²) in [4.78, 5) is 2.50. The predicted octanol–water partition coefficient (Wildman–Crippen LogP) is 2.83. The molecule has 1 aliphatic heterocycles. The van der Waals surface area contributed by atoms with Crippen LogP contribution in [0.2, 0.25) is 10.0 Å². The maximum absolute atomic E-state index is 6.14. The third-order valence-corrected chi connectivity index (χ3v) is 3.73. The summed E-state index contributed by atoms with van der Waals surface area (Å²) < 4.78 is 0. The van der Waals surface area contributed by atoms with Crippen LogP contribution in [0.25, 0.3) is 0 Å². The lowest BCUT2D eigenvalue weighted by Crippen LogP contribution is -2.43. The van der Waals surface area contributed by atoms with E-state index < -0.39 is 0 Å². The smallest absolute Gasteiger partial charge is 0.0452 e. The Hall–Kier alpha value is -0.280. The predicted molar refractivity (Wildman–Crippen MR) is 74.1 cm³/mol. The number of aryl methyl sites for hydroxylation is 1. The van der Waals surface area contributed by atoms with Gasteiger partial charge in [-0.15, -0.1) is 0 Å². The minimum Gasteiger partial charge on any atom is -0.314 e. The molecular weight excluding hydrogens is 255 g/mol. The molecule has 1 aromatic carbocycles. The van der Waals surface area contributed by atoms with Crippen LogP contribution in [0.4, 0.5) is 0 Å². The second-order valence-electron chi connectivity index (χ2n) is 4.43. The van der Waals surface area contributed by atoms with Gasteiger partial charge in [0.25, 0.3) is 0 Å². The second kappa shape index (κ2) is 6.60. The highest BCUT2D eigenvalue weighted by Gasteiger charge is 2.09. The number of nitrogens with zero attached hydrogens (tertiary/aromatic N) is 1. The minimum absolute atomic E-state index is 0.709. The molecule has 2 rings (SSSR count). The lowest BCUT2D eigenvalue weighted by atomic mass is 10.1. The van der Waals surface area contributed by atoms with Gasteiger partial charge in [0.05, 0.1) is 0 Å². The van der Waals surface area contributed by atoms with E-state index in [-0.39, 0.29) is 0 Å². The van der Waals surface area contributed by atoms with Crippen LogP contribution in [-0.4, -0.2) is 37.6 Å². The molecule has 1 aromatic rings. The van der Waals surface area contributed by atoms with Gasteiger partial charge < -0.3 is 10.2 Å². The molecule has 0 atom stereocenters. The first-order valence-electron chi connectivity index (χ1n) is 6.13. The van der Waals surface area contributed by atoms with E-state index in [1.807, 2.05) is 18.2 Å². The second-order valence-corrected chi connectivity index (χ2v) is 5.27. The molecule has 0 unspecified atom stereocenters. The van der Waals surface area contributed by atoms with Crippen LogP contribution in [0.3, 0.4) is 0 Å². The van der Waals surface area contributed by atoms with E-state index in [4.69, 9.17) is 23.2 Å². The van der Waals surface area contributed by atoms with Crippen molar-refractivity contribution in [1.29, 1.82) is 0 Å². The Morgan fingerprint density at radius 1 is 1.18 bits per heavy atom. The summed E-state index contributed by atoms with van der Waals surface area (Å²) in [5.74, 6) is 0. The first-order valence-corrected chi connectivity index (χ1v) is 6.88. The number of halogens is 2. The zero-order chi connectivity index (χ0) is 12.1. The largest absolute Gasteiger partial charge is 0.314 e. The summed E-state index contributed by atoms with van der Waals surface area (Å²) in [5, 5.41) is 4.86. The maximum Gasteiger partial charge on any atom is 0.0452 e. The number of hydrogen-bond acceptors (Lipinski definition) is 2. The van der Waals surface area contributed by atoms with Gasteiger partial charge in [-0.1, -0.05) is 29.3 Å². The molecule has 94 valence electrons. The van der Waals surface area contributed by atoms with Gasteiger partial charge in [0, 0.05) is 36.2 Å². The average molecular weight is 273 g/mol. The van der Waals surface area contributed by atoms with Crippen molar-refractivity contribution in [3.05, 3.63) is 33.8 Å². The van der Waals surface area contributed by atoms with Crippen molar-refractivity contribution in [2.24, 2.45) is 0 Å². The van der Waals surface area contributed by atoms with Crippen LogP contribution in [0, 0.1) is 0 Å². The van der Waals surface area contributed by atoms with Crippen molar-refractivity contribution in [3.63, 3.8) is 0 Å². The number of nitrogens with one attached hydrogen (secondary N) is 1. The Morgan fingerprint density at radius 2 is 1.94 bits per heavy atom. The normalized spacial score (nSPS) is 17.3. The molecule has 0 aromatic heterocycles. The Bertz CT molecular complexity index is 362. The van der Waals surface area contributed by atoms with E-state index in [2.05, 4.69) is 10.2 Å². The lowest BCUT2D eigenvalue weighted by molar-refractivity contribution is 0.238. The van der Waals surface area contributed by atoms with Crippen molar-refractivity contribution in [1.82, 2.24) is 10.2 Å². The monoisotopic (exact) mass is 272 g/mol. The first kappa shape index (κ1) is 13.2. The van der Waals surface area contributed by atoms with Gasteiger partial charge in [-0.3, -0.25) is 0 Å². The van der Waals surface area contributed by atoms with Gasteiger partial charge in [-0.05, 0) is 37.1 Å². The Balaban J connectivity index is 1.77. The van der Waals surface area contributed by atoms with Gasteiger partial charge in [0.2, 0.25) is 0 Å². The molecule has 4 heteroatoms. The Morgan fingerprint density at radius 3 is 2.65 bits per heavy atom. The van der Waals surface area contributed by atoms with Crippen LogP contribution in [0.1, 0.15) is 12.0 Å². The number of hydrogen-bond donors (Lipinski definition) is 1. The molecule has 0 radical (unpaired) electrons. The van der Waals surface area contributed by atoms with Crippen molar-refractivity contribution >= 4 is 23.2 Å². The summed E-state index contributed by atoms with van der Waals surface area (Å²) in [6.45, 7) is 5.70. The molecule has 1 heterocycles. The highest BCUT2D eigenvalue weighted by molar-refractivity contribution is 6.35. The molecule has 1 fully saturated rings. The lowest BCUT2D eigenvalue weighted by Gasteiger charge is -2.27. The van der Waals surface area contributed by atoms with Crippen molar-refractivity contribution in [2.45, 2.75) is 12.8 Å². The fourth-order valence-electron chi connectivity index (χ4n) is 2.15. The number of rotatable bonds is 4. The van der Waals surface area contributed by atoms with E-state index in [0.29, 0.717) is 5.02 Å². The molecule has 0 bridgehead atoms. The Labute approximate surface area is 113 Å². The number of piperazine rings is 1. The SMILES string of the molecule is Clc1ccc(CCCN2CCNCC2)c(Cl)c1. The summed E-state index contributed by atoms with van der Waals surface area (Å²) in [6.07, 6.45) is 2.18. The zero-order valence-electron chi connectivity index (χ0n) is 9.88. The molecule has 1 aliphatic rings. The molecule has 0 aliphatic carbocycles. The molecule has 0 spiro atoms. The van der Waals surface area contributed by atoms with E-state index in [1.165, 1.54) is 5.56 Å². The molecular formula is C13H18Cl2N2. The van der Waals surface area contributed by atoms with Gasteiger partial charge in [0.1, 0.15) is 0 Å². The molecule has 0 saturated carbocycles.